The van der Waals surface area contributed by atoms with Crippen LogP contribution in [-0.4, -0.2) is 10.9 Å². The van der Waals surface area contributed by atoms with Crippen LogP contribution in [-0.2, 0) is 0 Å². The van der Waals surface area contributed by atoms with Crippen molar-refractivity contribution in [1.82, 2.24) is 4.98 Å². The Hall–Kier alpha value is -2.42. The summed E-state index contributed by atoms with van der Waals surface area (Å²) in [5.41, 5.74) is 3.52. The van der Waals surface area contributed by atoms with Crippen molar-refractivity contribution < 1.29 is 4.79 Å². The third-order valence-electron chi connectivity index (χ3n) is 3.07. The van der Waals surface area contributed by atoms with Crippen molar-refractivity contribution >= 4 is 17.3 Å². The Labute approximate surface area is 105 Å². The number of anilines is 1. The molecular formula is C15H12N2O. The van der Waals surface area contributed by atoms with Crippen LogP contribution in [0, 0.1) is 0 Å². The summed E-state index contributed by atoms with van der Waals surface area (Å²) in [6, 6.07) is 11.4. The van der Waals surface area contributed by atoms with E-state index in [0.717, 1.165) is 22.5 Å². The molecule has 0 atom stereocenters. The summed E-state index contributed by atoms with van der Waals surface area (Å²) < 4.78 is 0. The third kappa shape index (κ3) is 1.44. The highest BCUT2D eigenvalue weighted by Crippen LogP contribution is 2.36. The molecule has 1 aromatic carbocycles. The van der Waals surface area contributed by atoms with E-state index in [-0.39, 0.29) is 5.91 Å². The number of pyridine rings is 1. The van der Waals surface area contributed by atoms with Gasteiger partial charge in [0.2, 0.25) is 0 Å². The van der Waals surface area contributed by atoms with Crippen molar-refractivity contribution in [3.05, 3.63) is 66.0 Å². The number of aromatic nitrogens is 1. The van der Waals surface area contributed by atoms with Gasteiger partial charge in [0.1, 0.15) is 0 Å². The molecule has 2 heterocycles. The molecule has 1 aliphatic heterocycles. The van der Waals surface area contributed by atoms with E-state index in [4.69, 9.17) is 0 Å². The molecule has 0 radical (unpaired) electrons. The minimum atomic E-state index is 0.0184. The molecular weight excluding hydrogens is 224 g/mol. The molecule has 3 heteroatoms. The molecule has 0 saturated heterocycles. The number of hydrogen-bond acceptors (Lipinski definition) is 2. The van der Waals surface area contributed by atoms with Gasteiger partial charge in [-0.3, -0.25) is 14.7 Å². The largest absolute Gasteiger partial charge is 0.277 e. The zero-order chi connectivity index (χ0) is 12.5. The molecule has 0 spiro atoms. The van der Waals surface area contributed by atoms with Gasteiger partial charge in [-0.05, 0) is 25.1 Å². The third-order valence-corrected chi connectivity index (χ3v) is 3.07. The van der Waals surface area contributed by atoms with Crippen LogP contribution in [0.3, 0.4) is 0 Å². The Morgan fingerprint density at radius 3 is 2.39 bits per heavy atom. The Morgan fingerprint density at radius 2 is 1.72 bits per heavy atom. The maximum atomic E-state index is 12.4. The smallest absolute Gasteiger partial charge is 0.263 e. The van der Waals surface area contributed by atoms with Gasteiger partial charge in [-0.15, -0.1) is 0 Å². The topological polar surface area (TPSA) is 33.2 Å². The average Bonchev–Trinajstić information content (AvgIpc) is 2.73. The number of allylic oxidation sites excluding steroid dienone is 1. The van der Waals surface area contributed by atoms with Crippen LogP contribution in [0.25, 0.3) is 5.70 Å². The highest BCUT2D eigenvalue weighted by Gasteiger charge is 2.32. The number of amides is 1. The van der Waals surface area contributed by atoms with Gasteiger partial charge in [0.25, 0.3) is 5.91 Å². The Balaban J connectivity index is 2.18. The lowest BCUT2D eigenvalue weighted by Crippen LogP contribution is -2.22. The number of fused-ring (bicyclic) bond motifs is 1. The van der Waals surface area contributed by atoms with Gasteiger partial charge < -0.3 is 0 Å². The standard InChI is InChI=1S/C15H12N2O/c1-2-14-12-5-3-4-6-13(12)15(18)17(14)11-7-9-16-10-8-11/h2-10H,1H3/b14-2-. The molecule has 2 aromatic rings. The van der Waals surface area contributed by atoms with Gasteiger partial charge in [0.15, 0.2) is 0 Å². The van der Waals surface area contributed by atoms with E-state index in [1.54, 1.807) is 17.3 Å². The molecule has 1 amide bonds. The summed E-state index contributed by atoms with van der Waals surface area (Å²) >= 11 is 0. The lowest BCUT2D eigenvalue weighted by Gasteiger charge is -2.17. The van der Waals surface area contributed by atoms with E-state index in [9.17, 15) is 4.79 Å². The molecule has 0 bridgehead atoms. The highest BCUT2D eigenvalue weighted by molar-refractivity contribution is 6.22. The maximum absolute atomic E-state index is 12.4. The molecule has 1 aliphatic rings. The summed E-state index contributed by atoms with van der Waals surface area (Å²) in [7, 11) is 0. The number of carbonyl (C=O) groups is 1. The Kier molecular flexibility index (Phi) is 2.45. The van der Waals surface area contributed by atoms with Crippen LogP contribution in [0.2, 0.25) is 0 Å². The lowest BCUT2D eigenvalue weighted by atomic mass is 10.1. The molecule has 3 rings (SSSR count). The van der Waals surface area contributed by atoms with E-state index in [1.807, 2.05) is 49.4 Å². The molecule has 1 aromatic heterocycles. The zero-order valence-corrected chi connectivity index (χ0v) is 10.00. The van der Waals surface area contributed by atoms with Gasteiger partial charge in [-0.2, -0.15) is 0 Å². The molecule has 18 heavy (non-hydrogen) atoms. The van der Waals surface area contributed by atoms with Crippen molar-refractivity contribution in [2.45, 2.75) is 6.92 Å². The summed E-state index contributed by atoms with van der Waals surface area (Å²) in [5, 5.41) is 0. The molecule has 0 saturated carbocycles. The lowest BCUT2D eigenvalue weighted by molar-refractivity contribution is 0.101. The summed E-state index contributed by atoms with van der Waals surface area (Å²) in [6.45, 7) is 1.94. The van der Waals surface area contributed by atoms with Crippen LogP contribution in [0.1, 0.15) is 22.8 Å². The van der Waals surface area contributed by atoms with Crippen molar-refractivity contribution in [1.29, 1.82) is 0 Å². The van der Waals surface area contributed by atoms with Gasteiger partial charge in [0.05, 0.1) is 11.4 Å². The Morgan fingerprint density at radius 1 is 1.06 bits per heavy atom. The monoisotopic (exact) mass is 236 g/mol. The van der Waals surface area contributed by atoms with E-state index >= 15 is 0 Å². The molecule has 88 valence electrons. The van der Waals surface area contributed by atoms with E-state index in [2.05, 4.69) is 4.98 Å². The summed E-state index contributed by atoms with van der Waals surface area (Å²) in [4.78, 5) is 18.1. The summed E-state index contributed by atoms with van der Waals surface area (Å²) in [5.74, 6) is 0.0184. The van der Waals surface area contributed by atoms with E-state index < -0.39 is 0 Å². The predicted molar refractivity (Wildman–Crippen MR) is 71.1 cm³/mol. The molecule has 0 unspecified atom stereocenters. The van der Waals surface area contributed by atoms with Crippen LogP contribution in [0.15, 0.2) is 54.9 Å². The number of nitrogens with zero attached hydrogens (tertiary/aromatic N) is 2. The van der Waals surface area contributed by atoms with Crippen molar-refractivity contribution in [3.8, 4) is 0 Å². The number of carbonyl (C=O) groups excluding carboxylic acids is 1. The Bertz CT molecular complexity index is 632. The zero-order valence-electron chi connectivity index (χ0n) is 10.00. The van der Waals surface area contributed by atoms with Gasteiger partial charge in [0, 0.05) is 23.5 Å². The first-order chi connectivity index (χ1) is 8.83. The quantitative estimate of drug-likeness (QED) is 0.762. The average molecular weight is 236 g/mol. The van der Waals surface area contributed by atoms with E-state index in [0.29, 0.717) is 0 Å². The number of rotatable bonds is 1. The van der Waals surface area contributed by atoms with Gasteiger partial charge in [-0.1, -0.05) is 24.3 Å². The fraction of sp³-hybridized carbons (Fsp3) is 0.0667. The normalized spacial score (nSPS) is 16.2. The summed E-state index contributed by atoms with van der Waals surface area (Å²) in [6.07, 6.45) is 5.35. The van der Waals surface area contributed by atoms with Crippen molar-refractivity contribution in [2.24, 2.45) is 0 Å². The minimum Gasteiger partial charge on any atom is -0.277 e. The van der Waals surface area contributed by atoms with Crippen molar-refractivity contribution in [3.63, 3.8) is 0 Å². The van der Waals surface area contributed by atoms with E-state index in [1.165, 1.54) is 0 Å². The van der Waals surface area contributed by atoms with Crippen LogP contribution in [0.5, 0.6) is 0 Å². The molecule has 0 fully saturated rings. The number of hydrogen-bond donors (Lipinski definition) is 0. The van der Waals surface area contributed by atoms with Crippen LogP contribution < -0.4 is 4.90 Å². The van der Waals surface area contributed by atoms with Gasteiger partial charge in [-0.25, -0.2) is 0 Å². The molecule has 3 nitrogen and oxygen atoms in total. The maximum Gasteiger partial charge on any atom is 0.263 e. The minimum absolute atomic E-state index is 0.0184. The fourth-order valence-corrected chi connectivity index (χ4v) is 2.28. The second-order valence-corrected chi connectivity index (χ2v) is 4.07. The first-order valence-corrected chi connectivity index (χ1v) is 5.83. The highest BCUT2D eigenvalue weighted by atomic mass is 16.2. The SMILES string of the molecule is C/C=C1/c2ccccc2C(=O)N1c1ccncc1. The van der Waals surface area contributed by atoms with Crippen LogP contribution >= 0.6 is 0 Å². The second kappa shape index (κ2) is 4.11. The fourth-order valence-electron chi connectivity index (χ4n) is 2.28. The number of benzene rings is 1. The first-order valence-electron chi connectivity index (χ1n) is 5.83. The van der Waals surface area contributed by atoms with Gasteiger partial charge >= 0.3 is 0 Å². The first kappa shape index (κ1) is 10.7. The van der Waals surface area contributed by atoms with Crippen LogP contribution in [0.4, 0.5) is 5.69 Å². The molecule has 0 N–H and O–H groups in total. The predicted octanol–water partition coefficient (Wildman–Crippen LogP) is 3.10. The molecule has 0 aliphatic carbocycles. The second-order valence-electron chi connectivity index (χ2n) is 4.07. The van der Waals surface area contributed by atoms with Crippen molar-refractivity contribution in [2.75, 3.05) is 4.90 Å².